The zero-order valence-corrected chi connectivity index (χ0v) is 34.9. The van der Waals surface area contributed by atoms with E-state index in [0.717, 1.165) is 32.9 Å². The number of aromatic nitrogens is 4. The van der Waals surface area contributed by atoms with Crippen molar-refractivity contribution in [1.82, 2.24) is 34.7 Å². The van der Waals surface area contributed by atoms with Gasteiger partial charge in [-0.3, -0.25) is 39.5 Å². The fourth-order valence-electron chi connectivity index (χ4n) is 8.25. The smallest absolute Gasteiger partial charge is 0.262 e. The van der Waals surface area contributed by atoms with Crippen LogP contribution in [0, 0.1) is 5.41 Å². The van der Waals surface area contributed by atoms with E-state index in [-0.39, 0.29) is 55.0 Å². The Morgan fingerprint density at radius 2 is 1.64 bits per heavy atom. The van der Waals surface area contributed by atoms with Crippen LogP contribution >= 0.6 is 23.2 Å². The Kier molecular flexibility index (Phi) is 10.7. The van der Waals surface area contributed by atoms with Crippen LogP contribution in [0.1, 0.15) is 52.1 Å². The molecule has 1 unspecified atom stereocenters. The summed E-state index contributed by atoms with van der Waals surface area (Å²) in [6.45, 7) is 4.24. The summed E-state index contributed by atoms with van der Waals surface area (Å²) in [4.78, 5) is 61.5. The Morgan fingerprint density at radius 3 is 2.38 bits per heavy atom. The zero-order valence-electron chi connectivity index (χ0n) is 32.6. The number of hydrogen-bond donors (Lipinski definition) is 2. The fraction of sp³-hybridized carbons (Fsp3) is 0.341. The van der Waals surface area contributed by atoms with Crippen molar-refractivity contribution in [2.45, 2.75) is 31.9 Å². The van der Waals surface area contributed by atoms with Gasteiger partial charge in [0.05, 0.1) is 45.7 Å². The molecule has 316 valence electrons. The third-order valence-corrected chi connectivity index (χ3v) is 13.7. The fourth-order valence-corrected chi connectivity index (χ4v) is 10.4. The predicted octanol–water partition coefficient (Wildman–Crippen LogP) is 4.42. The molecule has 3 saturated heterocycles. The molecule has 9 rings (SSSR count). The normalized spacial score (nSPS) is 19.2. The van der Waals surface area contributed by atoms with Crippen LogP contribution in [0.25, 0.3) is 22.2 Å². The second-order valence-corrected chi connectivity index (χ2v) is 18.4. The quantitative estimate of drug-likeness (QED) is 0.117. The highest BCUT2D eigenvalue weighted by Crippen LogP contribution is 2.43. The molecule has 17 nitrogen and oxygen atoms in total. The van der Waals surface area contributed by atoms with Crippen molar-refractivity contribution in [2.75, 3.05) is 56.7 Å². The maximum atomic E-state index is 13.1. The second-order valence-electron chi connectivity index (χ2n) is 15.5. The van der Waals surface area contributed by atoms with Crippen molar-refractivity contribution >= 4 is 73.6 Å². The summed E-state index contributed by atoms with van der Waals surface area (Å²) in [6.07, 6.45) is 4.51. The molecular weight excluding hydrogens is 851 g/mol. The van der Waals surface area contributed by atoms with Gasteiger partial charge in [0.25, 0.3) is 11.8 Å². The number of imide groups is 2. The molecule has 2 atom stereocenters. The van der Waals surface area contributed by atoms with Crippen LogP contribution in [0.4, 0.5) is 5.82 Å². The number of pyridine rings is 2. The first-order valence-electron chi connectivity index (χ1n) is 19.5. The van der Waals surface area contributed by atoms with Crippen molar-refractivity contribution in [3.8, 4) is 22.8 Å². The summed E-state index contributed by atoms with van der Waals surface area (Å²) >= 11 is 12.7. The van der Waals surface area contributed by atoms with E-state index in [9.17, 15) is 27.6 Å². The van der Waals surface area contributed by atoms with Crippen molar-refractivity contribution < 1.29 is 41.8 Å². The molecule has 4 amide bonds. The van der Waals surface area contributed by atoms with E-state index in [0.29, 0.717) is 53.3 Å². The molecule has 1 spiro atoms. The van der Waals surface area contributed by atoms with Gasteiger partial charge in [-0.25, -0.2) is 17.7 Å². The first-order valence-corrected chi connectivity index (χ1v) is 21.8. The molecule has 7 heterocycles. The van der Waals surface area contributed by atoms with E-state index in [1.54, 1.807) is 6.20 Å². The van der Waals surface area contributed by atoms with Crippen molar-refractivity contribution in [2.24, 2.45) is 5.41 Å². The summed E-state index contributed by atoms with van der Waals surface area (Å²) in [7, 11) is -3.53. The van der Waals surface area contributed by atoms with Crippen molar-refractivity contribution in [3.63, 3.8) is 0 Å². The molecule has 2 N–H and O–H groups in total. The van der Waals surface area contributed by atoms with Gasteiger partial charge in [-0.15, -0.1) is 0 Å². The lowest BCUT2D eigenvalue weighted by Crippen LogP contribution is -2.73. The van der Waals surface area contributed by atoms with E-state index in [4.69, 9.17) is 42.4 Å². The third kappa shape index (κ3) is 7.78. The topological polar surface area (TPSA) is 206 Å². The first kappa shape index (κ1) is 40.7. The Morgan fingerprint density at radius 1 is 0.885 bits per heavy atom. The Bertz CT molecular complexity index is 2680. The highest BCUT2D eigenvalue weighted by molar-refractivity contribution is 7.89. The Labute approximate surface area is 359 Å². The number of carbonyl (C=O) groups is 4. The first-order chi connectivity index (χ1) is 29.3. The number of fused-ring (bicyclic) bond motifs is 2. The molecule has 2 aromatic carbocycles. The van der Waals surface area contributed by atoms with Gasteiger partial charge in [0.2, 0.25) is 21.8 Å². The largest absolute Gasteiger partial charge is 0.491 e. The van der Waals surface area contributed by atoms with Gasteiger partial charge in [-0.2, -0.15) is 5.10 Å². The summed E-state index contributed by atoms with van der Waals surface area (Å²) in [5.41, 5.74) is 3.15. The number of amides is 4. The number of hydrogen-bond acceptors (Lipinski definition) is 13. The highest BCUT2D eigenvalue weighted by atomic mass is 35.5. The number of nitrogens with zero attached hydrogens (tertiary/aromatic N) is 6. The van der Waals surface area contributed by atoms with Crippen LogP contribution in [0.15, 0.2) is 67.1 Å². The Balaban J connectivity index is 0.713. The number of benzene rings is 2. The van der Waals surface area contributed by atoms with Gasteiger partial charge in [-0.05, 0) is 61.9 Å². The molecule has 0 saturated carbocycles. The number of aromatic amines is 1. The van der Waals surface area contributed by atoms with Gasteiger partial charge in [0, 0.05) is 73.1 Å². The molecule has 3 aromatic heterocycles. The molecular formula is C41H38Cl2N8O9S. The summed E-state index contributed by atoms with van der Waals surface area (Å²) < 4.78 is 45.1. The predicted molar refractivity (Wildman–Crippen MR) is 222 cm³/mol. The molecule has 20 heteroatoms. The van der Waals surface area contributed by atoms with E-state index >= 15 is 0 Å². The maximum Gasteiger partial charge on any atom is 0.262 e. The van der Waals surface area contributed by atoms with Crippen LogP contribution in [-0.2, 0) is 24.3 Å². The second kappa shape index (κ2) is 16.0. The molecule has 5 aromatic rings. The minimum atomic E-state index is -3.53. The molecule has 0 radical (unpaired) electrons. The van der Waals surface area contributed by atoms with Crippen LogP contribution in [0.2, 0.25) is 10.0 Å². The van der Waals surface area contributed by atoms with Gasteiger partial charge in [-0.1, -0.05) is 23.2 Å². The molecule has 4 aliphatic heterocycles. The average Bonchev–Trinajstić information content (AvgIpc) is 3.72. The highest BCUT2D eigenvalue weighted by Gasteiger charge is 2.55. The molecule has 3 fully saturated rings. The molecule has 4 aliphatic rings. The SMILES string of the molecule is C[C@@H](Oc1ccc2[nH]nc(-c3ccc(N4CC5(C4)CN(S(=O)(=O)CCOCCOc4ccc6c(c4)C(=O)N(C4CCC(=O)NC4=O)C6=O)C5)nc3)c2c1)c1c(Cl)cncc1Cl. The standard InChI is InChI=1S/C41H38Cl2N8O9S/c1-23(36-30(42)17-44-18-31(36)43)60-26-4-6-32-29(15-26)37(48-47-32)24-2-8-34(45-16-24)49-19-41(20-49)21-50(22-41)61(56,57)13-12-58-10-11-59-25-3-5-27-28(14-25)40(55)51(39(27)54)33-7-9-35(52)46-38(33)53/h2-6,8,14-18,23,33H,7,9-13,19-22H2,1H3,(H,47,48)(H,46,52,53)/t23-,33?/m1/s1. The number of ether oxygens (including phenoxy) is 3. The van der Waals surface area contributed by atoms with Gasteiger partial charge >= 0.3 is 0 Å². The third-order valence-electron chi connectivity index (χ3n) is 11.4. The zero-order chi connectivity index (χ0) is 42.6. The number of anilines is 1. The average molecular weight is 890 g/mol. The van der Waals surface area contributed by atoms with Crippen LogP contribution < -0.4 is 19.7 Å². The number of piperidine rings is 1. The van der Waals surface area contributed by atoms with Gasteiger partial charge in [0.15, 0.2) is 0 Å². The lowest BCUT2D eigenvalue weighted by atomic mass is 9.74. The maximum absolute atomic E-state index is 13.1. The van der Waals surface area contributed by atoms with Crippen LogP contribution in [0.5, 0.6) is 11.5 Å². The van der Waals surface area contributed by atoms with E-state index in [1.807, 2.05) is 37.3 Å². The van der Waals surface area contributed by atoms with Gasteiger partial charge < -0.3 is 19.1 Å². The molecule has 0 aliphatic carbocycles. The summed E-state index contributed by atoms with van der Waals surface area (Å²) in [6, 6.07) is 12.9. The molecule has 61 heavy (non-hydrogen) atoms. The van der Waals surface area contributed by atoms with E-state index in [1.165, 1.54) is 34.9 Å². The summed E-state index contributed by atoms with van der Waals surface area (Å²) in [5.74, 6) is -0.826. The van der Waals surface area contributed by atoms with Gasteiger partial charge in [0.1, 0.15) is 41.8 Å². The number of nitrogens with one attached hydrogen (secondary N) is 2. The minimum absolute atomic E-state index is 0.0240. The molecule has 0 bridgehead atoms. The van der Waals surface area contributed by atoms with E-state index in [2.05, 4.69) is 25.4 Å². The number of sulfonamides is 1. The van der Waals surface area contributed by atoms with Crippen LogP contribution in [-0.4, -0.2) is 119 Å². The van der Waals surface area contributed by atoms with Crippen molar-refractivity contribution in [1.29, 1.82) is 0 Å². The van der Waals surface area contributed by atoms with Crippen LogP contribution in [0.3, 0.4) is 0 Å². The minimum Gasteiger partial charge on any atom is -0.491 e. The lowest BCUT2D eigenvalue weighted by molar-refractivity contribution is -0.136. The van der Waals surface area contributed by atoms with Crippen molar-refractivity contribution in [3.05, 3.63) is 93.9 Å². The summed E-state index contributed by atoms with van der Waals surface area (Å²) in [5, 5.41) is 11.5. The van der Waals surface area contributed by atoms with E-state index < -0.39 is 45.8 Å². The lowest BCUT2D eigenvalue weighted by Gasteiger charge is -2.59. The number of rotatable bonds is 14. The number of carbonyl (C=O) groups excluding carboxylic acids is 4. The number of H-pyrrole nitrogens is 1. The number of halogens is 2. The Hall–Kier alpha value is -5.66. The monoisotopic (exact) mass is 888 g/mol.